The molecule has 2 rings (SSSR count). The van der Waals surface area contributed by atoms with Crippen molar-refractivity contribution in [1.82, 2.24) is 0 Å². The molecule has 0 aliphatic carbocycles. The molecule has 0 saturated heterocycles. The minimum atomic E-state index is -3.75. The molecule has 1 N–H and O–H groups in total. The van der Waals surface area contributed by atoms with Gasteiger partial charge in [-0.05, 0) is 61.7 Å². The van der Waals surface area contributed by atoms with Gasteiger partial charge in [0.2, 0.25) is 26.0 Å². The molecule has 0 spiro atoms. The number of hydrogen-bond acceptors (Lipinski definition) is 5. The van der Waals surface area contributed by atoms with Crippen LogP contribution in [-0.2, 0) is 24.8 Å². The standard InChI is InChI=1S/C21H29N3O5S2/c1-7-20(24(31(6,28)29)19-12-11-15(2)16(3)13-19)21(25)22-17-9-8-10-18(14-17)23(4)30(5,26)27/h8-14,20H,7H2,1-6H3,(H,22,25). The number of nitrogens with zero attached hydrogens (tertiary/aromatic N) is 2. The fourth-order valence-corrected chi connectivity index (χ4v) is 4.82. The molecule has 8 nitrogen and oxygen atoms in total. The molecule has 0 heterocycles. The van der Waals surface area contributed by atoms with E-state index >= 15 is 0 Å². The van der Waals surface area contributed by atoms with Crippen molar-refractivity contribution in [3.63, 3.8) is 0 Å². The van der Waals surface area contributed by atoms with Crippen molar-refractivity contribution < 1.29 is 21.6 Å². The Hall–Kier alpha value is -2.59. The molecule has 31 heavy (non-hydrogen) atoms. The molecular formula is C21H29N3O5S2. The third kappa shape index (κ3) is 5.98. The highest BCUT2D eigenvalue weighted by Gasteiger charge is 2.31. The minimum absolute atomic E-state index is 0.245. The number of benzene rings is 2. The Morgan fingerprint density at radius 3 is 2.10 bits per heavy atom. The zero-order chi connectivity index (χ0) is 23.6. The van der Waals surface area contributed by atoms with E-state index in [1.54, 1.807) is 37.3 Å². The summed E-state index contributed by atoms with van der Waals surface area (Å²) < 4.78 is 51.0. The summed E-state index contributed by atoms with van der Waals surface area (Å²) in [5, 5.41) is 2.72. The Labute approximate surface area is 185 Å². The molecule has 10 heteroatoms. The van der Waals surface area contributed by atoms with Crippen LogP contribution in [0.2, 0.25) is 0 Å². The van der Waals surface area contributed by atoms with E-state index in [2.05, 4.69) is 5.32 Å². The second kappa shape index (κ2) is 9.27. The number of sulfonamides is 2. The lowest BCUT2D eigenvalue weighted by atomic mass is 10.1. The maximum atomic E-state index is 13.1. The molecule has 1 atom stereocenters. The van der Waals surface area contributed by atoms with Crippen molar-refractivity contribution in [1.29, 1.82) is 0 Å². The number of aryl methyl sites for hydroxylation is 2. The van der Waals surface area contributed by atoms with Crippen molar-refractivity contribution in [3.05, 3.63) is 53.6 Å². The van der Waals surface area contributed by atoms with Crippen LogP contribution in [0.4, 0.5) is 17.1 Å². The van der Waals surface area contributed by atoms with Crippen LogP contribution in [0.15, 0.2) is 42.5 Å². The molecule has 2 aromatic rings. The number of amides is 1. The first-order valence-corrected chi connectivity index (χ1v) is 13.4. The summed E-state index contributed by atoms with van der Waals surface area (Å²) >= 11 is 0. The van der Waals surface area contributed by atoms with E-state index < -0.39 is 32.0 Å². The molecule has 0 saturated carbocycles. The molecule has 170 valence electrons. The van der Waals surface area contributed by atoms with Gasteiger partial charge in [-0.1, -0.05) is 19.1 Å². The van der Waals surface area contributed by atoms with E-state index in [9.17, 15) is 21.6 Å². The molecule has 1 amide bonds. The van der Waals surface area contributed by atoms with E-state index in [0.29, 0.717) is 17.1 Å². The average Bonchev–Trinajstić information content (AvgIpc) is 2.66. The summed E-state index contributed by atoms with van der Waals surface area (Å²) in [6.45, 7) is 5.54. The van der Waals surface area contributed by atoms with Crippen LogP contribution >= 0.6 is 0 Å². The van der Waals surface area contributed by atoms with E-state index in [1.807, 2.05) is 19.9 Å². The highest BCUT2D eigenvalue weighted by Crippen LogP contribution is 2.26. The summed E-state index contributed by atoms with van der Waals surface area (Å²) in [6, 6.07) is 10.6. The second-order valence-electron chi connectivity index (χ2n) is 7.52. The Bertz CT molecular complexity index is 1180. The highest BCUT2D eigenvalue weighted by molar-refractivity contribution is 7.92. The van der Waals surface area contributed by atoms with Crippen LogP contribution < -0.4 is 13.9 Å². The van der Waals surface area contributed by atoms with Gasteiger partial charge in [-0.15, -0.1) is 0 Å². The van der Waals surface area contributed by atoms with Gasteiger partial charge in [-0.25, -0.2) is 16.8 Å². The first-order valence-electron chi connectivity index (χ1n) is 9.67. The second-order valence-corrected chi connectivity index (χ2v) is 11.4. The smallest absolute Gasteiger partial charge is 0.248 e. The van der Waals surface area contributed by atoms with Crippen LogP contribution in [0.1, 0.15) is 24.5 Å². The maximum absolute atomic E-state index is 13.1. The van der Waals surface area contributed by atoms with Gasteiger partial charge in [-0.2, -0.15) is 0 Å². The van der Waals surface area contributed by atoms with Gasteiger partial charge in [0.25, 0.3) is 0 Å². The van der Waals surface area contributed by atoms with Gasteiger partial charge >= 0.3 is 0 Å². The topological polar surface area (TPSA) is 104 Å². The minimum Gasteiger partial charge on any atom is -0.324 e. The summed E-state index contributed by atoms with van der Waals surface area (Å²) in [4.78, 5) is 13.1. The summed E-state index contributed by atoms with van der Waals surface area (Å²) in [5.41, 5.74) is 3.09. The Balaban J connectivity index is 2.40. The number of rotatable bonds is 8. The monoisotopic (exact) mass is 467 g/mol. The van der Waals surface area contributed by atoms with Crippen molar-refractivity contribution in [2.45, 2.75) is 33.2 Å². The van der Waals surface area contributed by atoms with Crippen molar-refractivity contribution in [3.8, 4) is 0 Å². The summed E-state index contributed by atoms with van der Waals surface area (Å²) in [5.74, 6) is -0.509. The maximum Gasteiger partial charge on any atom is 0.248 e. The van der Waals surface area contributed by atoms with Gasteiger partial charge in [0.15, 0.2) is 0 Å². The van der Waals surface area contributed by atoms with Crippen molar-refractivity contribution in [2.75, 3.05) is 33.5 Å². The molecule has 0 fully saturated rings. The van der Waals surface area contributed by atoms with Gasteiger partial charge in [0.1, 0.15) is 6.04 Å². The number of nitrogens with one attached hydrogen (secondary N) is 1. The molecule has 1 unspecified atom stereocenters. The van der Waals surface area contributed by atoms with Crippen molar-refractivity contribution in [2.24, 2.45) is 0 Å². The zero-order valence-corrected chi connectivity index (χ0v) is 20.2. The Kier molecular flexibility index (Phi) is 7.38. The van der Waals surface area contributed by atoms with Crippen LogP contribution in [0.3, 0.4) is 0 Å². The predicted molar refractivity (Wildman–Crippen MR) is 126 cm³/mol. The third-order valence-corrected chi connectivity index (χ3v) is 7.44. The third-order valence-electron chi connectivity index (χ3n) is 5.05. The predicted octanol–water partition coefficient (Wildman–Crippen LogP) is 2.88. The van der Waals surface area contributed by atoms with Gasteiger partial charge < -0.3 is 5.32 Å². The number of carbonyl (C=O) groups is 1. The van der Waals surface area contributed by atoms with E-state index in [4.69, 9.17) is 0 Å². The number of carbonyl (C=O) groups excluding carboxylic acids is 1. The lowest BCUT2D eigenvalue weighted by Crippen LogP contribution is -2.47. The first kappa shape index (κ1) is 24.7. The lowest BCUT2D eigenvalue weighted by molar-refractivity contribution is -0.117. The molecule has 0 aromatic heterocycles. The molecule has 0 radical (unpaired) electrons. The summed E-state index contributed by atoms with van der Waals surface area (Å²) in [7, 11) is -5.80. The van der Waals surface area contributed by atoms with Crippen LogP contribution in [0, 0.1) is 13.8 Å². The normalized spacial score (nSPS) is 12.8. The fourth-order valence-electron chi connectivity index (χ4n) is 3.12. The van der Waals surface area contributed by atoms with E-state index in [-0.39, 0.29) is 6.42 Å². The van der Waals surface area contributed by atoms with E-state index in [1.165, 1.54) is 13.1 Å². The number of anilines is 3. The largest absolute Gasteiger partial charge is 0.324 e. The molecule has 0 aliphatic rings. The molecular weight excluding hydrogens is 438 g/mol. The summed E-state index contributed by atoms with van der Waals surface area (Å²) in [6.07, 6.45) is 2.40. The van der Waals surface area contributed by atoms with Crippen molar-refractivity contribution >= 4 is 43.0 Å². The number of hydrogen-bond donors (Lipinski definition) is 1. The Morgan fingerprint density at radius 1 is 0.935 bits per heavy atom. The Morgan fingerprint density at radius 2 is 1.58 bits per heavy atom. The quantitative estimate of drug-likeness (QED) is 0.643. The van der Waals surface area contributed by atoms with E-state index in [0.717, 1.165) is 32.2 Å². The van der Waals surface area contributed by atoms with Gasteiger partial charge in [0, 0.05) is 12.7 Å². The molecule has 0 aliphatic heterocycles. The van der Waals surface area contributed by atoms with Crippen LogP contribution in [0.25, 0.3) is 0 Å². The fraction of sp³-hybridized carbons (Fsp3) is 0.381. The zero-order valence-electron chi connectivity index (χ0n) is 18.6. The van der Waals surface area contributed by atoms with Crippen LogP contribution in [-0.4, -0.2) is 48.3 Å². The van der Waals surface area contributed by atoms with Gasteiger partial charge in [-0.3, -0.25) is 13.4 Å². The molecule has 2 aromatic carbocycles. The van der Waals surface area contributed by atoms with Crippen LogP contribution in [0.5, 0.6) is 0 Å². The highest BCUT2D eigenvalue weighted by atomic mass is 32.2. The average molecular weight is 468 g/mol. The first-order chi connectivity index (χ1) is 14.3. The SMILES string of the molecule is CCC(C(=O)Nc1cccc(N(C)S(C)(=O)=O)c1)N(c1ccc(C)c(C)c1)S(C)(=O)=O. The molecule has 0 bridgehead atoms. The lowest BCUT2D eigenvalue weighted by Gasteiger charge is -2.30. The van der Waals surface area contributed by atoms with Gasteiger partial charge in [0.05, 0.1) is 23.9 Å².